The predicted molar refractivity (Wildman–Crippen MR) is 92.0 cm³/mol. The van der Waals surface area contributed by atoms with E-state index in [0.717, 1.165) is 37.7 Å². The van der Waals surface area contributed by atoms with Gasteiger partial charge in [0.05, 0.1) is 6.10 Å². The number of nitrogens with zero attached hydrogens (tertiary/aromatic N) is 4. The zero-order valence-electron chi connectivity index (χ0n) is 13.8. The average molecular weight is 351 g/mol. The quantitative estimate of drug-likeness (QED) is 0.832. The molecule has 2 aromatic rings. The summed E-state index contributed by atoms with van der Waals surface area (Å²) < 4.78 is 6.67. The Hall–Kier alpha value is -2.00. The Morgan fingerprint density at radius 1 is 1.50 bits per heavy atom. The molecular formula is C15H21N5O3S. The molecule has 1 N–H and O–H groups in total. The van der Waals surface area contributed by atoms with E-state index in [-0.39, 0.29) is 11.7 Å². The fourth-order valence-corrected chi connectivity index (χ4v) is 3.65. The van der Waals surface area contributed by atoms with E-state index in [1.807, 2.05) is 18.7 Å². The van der Waals surface area contributed by atoms with Gasteiger partial charge in [-0.05, 0) is 26.7 Å². The summed E-state index contributed by atoms with van der Waals surface area (Å²) in [5.41, 5.74) is -0.443. The van der Waals surface area contributed by atoms with Crippen molar-refractivity contribution in [3.63, 3.8) is 0 Å². The number of carbonyl (C=O) groups excluding carboxylic acids is 1. The lowest BCUT2D eigenvalue weighted by Gasteiger charge is -2.15. The Balaban J connectivity index is 1.82. The van der Waals surface area contributed by atoms with Crippen molar-refractivity contribution in [3.8, 4) is 0 Å². The second-order valence-corrected chi connectivity index (χ2v) is 6.51. The highest BCUT2D eigenvalue weighted by molar-refractivity contribution is 7.20. The lowest BCUT2D eigenvalue weighted by atomic mass is 10.2. The number of aromatic nitrogens is 3. The lowest BCUT2D eigenvalue weighted by Crippen LogP contribution is -2.36. The van der Waals surface area contributed by atoms with E-state index in [4.69, 9.17) is 4.74 Å². The maximum absolute atomic E-state index is 12.5. The number of carbonyl (C=O) groups is 1. The van der Waals surface area contributed by atoms with E-state index >= 15 is 0 Å². The van der Waals surface area contributed by atoms with Crippen LogP contribution < -0.4 is 15.8 Å². The van der Waals surface area contributed by atoms with Crippen molar-refractivity contribution in [1.29, 1.82) is 0 Å². The number of fused-ring (bicyclic) bond motifs is 1. The largest absolute Gasteiger partial charge is 0.376 e. The summed E-state index contributed by atoms with van der Waals surface area (Å²) in [4.78, 5) is 31.5. The molecule has 1 saturated heterocycles. The van der Waals surface area contributed by atoms with Gasteiger partial charge < -0.3 is 15.0 Å². The highest BCUT2D eigenvalue weighted by Gasteiger charge is 2.20. The molecule has 3 heterocycles. The number of anilines is 1. The Kier molecular flexibility index (Phi) is 5.10. The highest BCUT2D eigenvalue weighted by Crippen LogP contribution is 2.20. The van der Waals surface area contributed by atoms with Gasteiger partial charge in [0.15, 0.2) is 0 Å². The van der Waals surface area contributed by atoms with Crippen LogP contribution in [-0.2, 0) is 4.74 Å². The molecule has 2 aromatic heterocycles. The molecule has 1 amide bonds. The first-order chi connectivity index (χ1) is 11.6. The van der Waals surface area contributed by atoms with Crippen LogP contribution in [0.25, 0.3) is 4.96 Å². The van der Waals surface area contributed by atoms with Crippen molar-refractivity contribution >= 4 is 27.3 Å². The molecule has 8 nitrogen and oxygen atoms in total. The summed E-state index contributed by atoms with van der Waals surface area (Å²) in [6, 6.07) is 0. The first kappa shape index (κ1) is 16.8. The normalized spacial score (nSPS) is 17.3. The molecule has 1 aliphatic rings. The Bertz CT molecular complexity index is 777. The number of rotatable bonds is 6. The number of amides is 1. The molecule has 0 spiro atoms. The third-order valence-corrected chi connectivity index (χ3v) is 5.05. The zero-order valence-corrected chi connectivity index (χ0v) is 14.6. The summed E-state index contributed by atoms with van der Waals surface area (Å²) in [5.74, 6) is -0.435. The van der Waals surface area contributed by atoms with Crippen LogP contribution in [0.15, 0.2) is 11.0 Å². The molecular weight excluding hydrogens is 330 g/mol. The van der Waals surface area contributed by atoms with Crippen molar-refractivity contribution in [2.24, 2.45) is 0 Å². The molecule has 24 heavy (non-hydrogen) atoms. The van der Waals surface area contributed by atoms with E-state index in [2.05, 4.69) is 15.4 Å². The Morgan fingerprint density at radius 3 is 2.96 bits per heavy atom. The first-order valence-corrected chi connectivity index (χ1v) is 8.99. The van der Waals surface area contributed by atoms with Crippen LogP contribution in [0.3, 0.4) is 0 Å². The van der Waals surface area contributed by atoms with Gasteiger partial charge in [-0.25, -0.2) is 4.98 Å². The van der Waals surface area contributed by atoms with Gasteiger partial charge in [-0.1, -0.05) is 11.3 Å². The number of ether oxygens (including phenoxy) is 1. The molecule has 0 aromatic carbocycles. The molecule has 0 bridgehead atoms. The van der Waals surface area contributed by atoms with Crippen LogP contribution in [0.2, 0.25) is 0 Å². The average Bonchev–Trinajstić information content (AvgIpc) is 3.24. The fraction of sp³-hybridized carbons (Fsp3) is 0.600. The third kappa shape index (κ3) is 3.27. The van der Waals surface area contributed by atoms with Crippen LogP contribution in [-0.4, -0.2) is 52.9 Å². The Morgan fingerprint density at radius 2 is 2.29 bits per heavy atom. The van der Waals surface area contributed by atoms with Crippen LogP contribution in [0.5, 0.6) is 0 Å². The second-order valence-electron chi connectivity index (χ2n) is 5.57. The summed E-state index contributed by atoms with van der Waals surface area (Å²) >= 11 is 1.34. The second kappa shape index (κ2) is 7.27. The molecule has 1 atom stereocenters. The standard InChI is InChI=1S/C15H21N5O3S/c1-3-19(4-2)15-18-20-13(22)11(9-17-14(20)24-15)12(21)16-8-10-6-5-7-23-10/h9-10H,3-8H2,1-2H3,(H,16,21)/t10-/m0/s1. The van der Waals surface area contributed by atoms with Gasteiger partial charge in [-0.2, -0.15) is 4.52 Å². The minimum Gasteiger partial charge on any atom is -0.376 e. The van der Waals surface area contributed by atoms with Crippen molar-refractivity contribution < 1.29 is 9.53 Å². The molecule has 0 aliphatic carbocycles. The van der Waals surface area contributed by atoms with Crippen LogP contribution in [0.4, 0.5) is 5.13 Å². The number of hydrogen-bond acceptors (Lipinski definition) is 7. The Labute approximate surface area is 143 Å². The first-order valence-electron chi connectivity index (χ1n) is 8.17. The smallest absolute Gasteiger partial charge is 0.288 e. The topological polar surface area (TPSA) is 88.8 Å². The van der Waals surface area contributed by atoms with Gasteiger partial charge in [-0.15, -0.1) is 5.10 Å². The summed E-state index contributed by atoms with van der Waals surface area (Å²) in [6.45, 7) is 6.76. The minimum absolute atomic E-state index is 0.00175. The summed E-state index contributed by atoms with van der Waals surface area (Å²) in [7, 11) is 0. The molecule has 0 saturated carbocycles. The third-order valence-electron chi connectivity index (χ3n) is 4.07. The maximum atomic E-state index is 12.5. The molecule has 3 rings (SSSR count). The van der Waals surface area contributed by atoms with Gasteiger partial charge in [0.1, 0.15) is 5.56 Å². The number of hydrogen-bond donors (Lipinski definition) is 1. The maximum Gasteiger partial charge on any atom is 0.288 e. The van der Waals surface area contributed by atoms with E-state index in [1.54, 1.807) is 0 Å². The minimum atomic E-state index is -0.445. The van der Waals surface area contributed by atoms with Gasteiger partial charge in [-0.3, -0.25) is 9.59 Å². The molecule has 0 radical (unpaired) electrons. The van der Waals surface area contributed by atoms with Gasteiger partial charge in [0.25, 0.3) is 11.5 Å². The molecule has 9 heteroatoms. The molecule has 1 aliphatic heterocycles. The van der Waals surface area contributed by atoms with E-state index in [0.29, 0.717) is 11.5 Å². The van der Waals surface area contributed by atoms with Gasteiger partial charge >= 0.3 is 0 Å². The summed E-state index contributed by atoms with van der Waals surface area (Å²) in [5, 5.41) is 7.79. The van der Waals surface area contributed by atoms with Crippen molar-refractivity contribution in [1.82, 2.24) is 19.9 Å². The highest BCUT2D eigenvalue weighted by atomic mass is 32.1. The van der Waals surface area contributed by atoms with Crippen molar-refractivity contribution in [3.05, 3.63) is 22.1 Å². The van der Waals surface area contributed by atoms with E-state index in [9.17, 15) is 9.59 Å². The fourth-order valence-electron chi connectivity index (χ4n) is 2.66. The van der Waals surface area contributed by atoms with E-state index < -0.39 is 11.5 Å². The van der Waals surface area contributed by atoms with Crippen molar-refractivity contribution in [2.75, 3.05) is 31.1 Å². The lowest BCUT2D eigenvalue weighted by molar-refractivity contribution is 0.0856. The SMILES string of the molecule is CCN(CC)c1nn2c(=O)c(C(=O)NC[C@@H]3CCCO3)cnc2s1. The van der Waals surface area contributed by atoms with Crippen LogP contribution >= 0.6 is 11.3 Å². The molecule has 130 valence electrons. The van der Waals surface area contributed by atoms with E-state index in [1.165, 1.54) is 22.0 Å². The molecule has 1 fully saturated rings. The van der Waals surface area contributed by atoms with Crippen LogP contribution in [0, 0.1) is 0 Å². The van der Waals surface area contributed by atoms with Gasteiger partial charge in [0.2, 0.25) is 10.1 Å². The van der Waals surface area contributed by atoms with Gasteiger partial charge in [0, 0.05) is 32.4 Å². The molecule has 0 unspecified atom stereocenters. The summed E-state index contributed by atoms with van der Waals surface area (Å²) in [6.07, 6.45) is 3.29. The van der Waals surface area contributed by atoms with Crippen molar-refractivity contribution in [2.45, 2.75) is 32.8 Å². The number of nitrogens with one attached hydrogen (secondary N) is 1. The predicted octanol–water partition coefficient (Wildman–Crippen LogP) is 0.906. The van der Waals surface area contributed by atoms with Crippen LogP contribution in [0.1, 0.15) is 37.0 Å². The zero-order chi connectivity index (χ0) is 17.1. The monoisotopic (exact) mass is 351 g/mol.